The van der Waals surface area contributed by atoms with Crippen LogP contribution < -0.4 is 0 Å². The molecule has 176 valence electrons. The summed E-state index contributed by atoms with van der Waals surface area (Å²) >= 11 is 0. The van der Waals surface area contributed by atoms with E-state index >= 15 is 0 Å². The zero-order chi connectivity index (χ0) is 46.2. The summed E-state index contributed by atoms with van der Waals surface area (Å²) in [6.07, 6.45) is -33.6. The Morgan fingerprint density at radius 3 is 0.397 bits per heavy atom. The van der Waals surface area contributed by atoms with Gasteiger partial charge in [0.15, 0.2) is 0 Å². The third-order valence-corrected chi connectivity index (χ3v) is 12.0. The van der Waals surface area contributed by atoms with Crippen molar-refractivity contribution in [2.45, 2.75) is 5.62 Å². The minimum absolute atomic E-state index is 1.29. The van der Waals surface area contributed by atoms with Gasteiger partial charge in [-0.2, -0.15) is 0 Å². The third kappa shape index (κ3) is 16.5. The van der Waals surface area contributed by atoms with Gasteiger partial charge in [-0.3, -0.25) is 0 Å². The molecule has 0 fully saturated rings. The maximum Gasteiger partial charge on any atom is 0.0294 e. The molecule has 0 unspecified atom stereocenters. The SMILES string of the molecule is [B]B([B])B(B([B])[B])B(B([B])[B])B(B(B(B([B])[B])B([B])[B])B(B([B])[B])B([B])[B])C(B(B(B([B])[B])B([B])[B])B(B([B])[B])B([B])[B])B(B(B([B])[B])B([B])[B])B(B([B])[B])B([B])[B]. The monoisotopic (exact) mass is 641 g/mol. The van der Waals surface area contributed by atoms with E-state index in [0.717, 1.165) is 0 Å². The fourth-order valence-electron chi connectivity index (χ4n) is 10.0. The molecular formula is CHB57. The molecule has 0 nitrogen and oxygen atoms in total. The molecule has 0 saturated carbocycles. The lowest BCUT2D eigenvalue weighted by molar-refractivity contribution is 1.80. The van der Waals surface area contributed by atoms with E-state index in [9.17, 15) is 0 Å². The Morgan fingerprint density at radius 1 is 0.138 bits per heavy atom. The smallest absolute Gasteiger partial charge is 0.0294 e. The van der Waals surface area contributed by atoms with Crippen molar-refractivity contribution in [3.63, 3.8) is 0 Å². The average Bonchev–Trinajstić information content (AvgIpc) is 2.99. The Bertz CT molecular complexity index is 891. The molecule has 0 spiro atoms. The van der Waals surface area contributed by atoms with Crippen molar-refractivity contribution in [2.24, 2.45) is 0 Å². The average molecular weight is 629 g/mol. The molecule has 0 aliphatic carbocycles. The lowest BCUT2D eigenvalue weighted by atomic mass is 8.32. The first-order valence-electron chi connectivity index (χ1n) is 19.0. The molecule has 0 N–H and O–H groups in total. The predicted octanol–water partition coefficient (Wildman–Crippen LogP) is -21.4. The minimum Gasteiger partial charge on any atom is -0.146 e. The highest BCUT2D eigenvalue weighted by Crippen LogP contribution is 2.33. The molecule has 60 radical (unpaired) electrons. The highest BCUT2D eigenvalue weighted by molar-refractivity contribution is 8.24. The second kappa shape index (κ2) is 28.1. The maximum atomic E-state index is 6.79. The van der Waals surface area contributed by atoms with E-state index in [2.05, 4.69) is 0 Å². The van der Waals surface area contributed by atoms with Gasteiger partial charge in [-0.25, -0.2) is 0 Å². The minimum atomic E-state index is -1.53. The normalized spacial score (nSPS) is 9.88. The van der Waals surface area contributed by atoms with Gasteiger partial charge < -0.3 is 0 Å². The Labute approximate surface area is 407 Å². The van der Waals surface area contributed by atoms with Gasteiger partial charge in [-0.05, 0) is 0 Å². The fraction of sp³-hybridized carbons (Fsp3) is 1.00. The molecule has 0 atom stereocenters. The zero-order valence-corrected chi connectivity index (χ0v) is 33.5. The van der Waals surface area contributed by atoms with Crippen LogP contribution in [0.4, 0.5) is 0 Å². The maximum absolute atomic E-state index is 6.79. The van der Waals surface area contributed by atoms with Gasteiger partial charge >= 0.3 is 0 Å². The van der Waals surface area contributed by atoms with Crippen molar-refractivity contribution >= 4 is 405 Å². The van der Waals surface area contributed by atoms with Crippen LogP contribution in [-0.2, 0) is 0 Å². The summed E-state index contributed by atoms with van der Waals surface area (Å²) in [4.78, 5) is 0. The summed E-state index contributed by atoms with van der Waals surface area (Å²) in [5, 5.41) is 0. The van der Waals surface area contributed by atoms with E-state index in [0.29, 0.717) is 0 Å². The van der Waals surface area contributed by atoms with Crippen LogP contribution in [0.3, 0.4) is 0 Å². The first-order chi connectivity index (χ1) is 26.3. The largest absolute Gasteiger partial charge is 0.146 e. The van der Waals surface area contributed by atoms with E-state index in [4.69, 9.17) is 232 Å². The predicted molar refractivity (Wildman–Crippen MR) is 332 cm³/mol. The second-order valence-corrected chi connectivity index (χ2v) is 16.2. The van der Waals surface area contributed by atoms with E-state index in [1.807, 2.05) is 0 Å². The molecule has 0 saturated heterocycles. The molecule has 0 aliphatic rings. The van der Waals surface area contributed by atoms with E-state index in [-0.39, 0.29) is 0 Å². The number of rotatable bonds is 27. The van der Waals surface area contributed by atoms with Crippen molar-refractivity contribution in [3.8, 4) is 0 Å². The first-order valence-corrected chi connectivity index (χ1v) is 19.0. The van der Waals surface area contributed by atoms with E-state index in [1.165, 1.54) is 0 Å². The van der Waals surface area contributed by atoms with E-state index < -0.39 is 178 Å². The molecule has 0 amide bonds. The Kier molecular flexibility index (Phi) is 29.9. The Morgan fingerprint density at radius 2 is 0.259 bits per heavy atom. The molecular weight excluding hydrogens is 628 g/mol. The molecule has 57 heteroatoms. The van der Waals surface area contributed by atoms with Crippen LogP contribution >= 0.6 is 0 Å². The van der Waals surface area contributed by atoms with Crippen LogP contribution in [0.1, 0.15) is 0 Å². The molecule has 0 heterocycles. The van der Waals surface area contributed by atoms with Gasteiger partial charge in [0.1, 0.15) is 0 Å². The molecule has 58 heavy (non-hydrogen) atoms. The van der Waals surface area contributed by atoms with E-state index in [1.54, 1.807) is 0 Å². The summed E-state index contributed by atoms with van der Waals surface area (Å²) in [6, 6.07) is 0. The molecule has 0 aromatic carbocycles. The highest BCUT2D eigenvalue weighted by Gasteiger charge is 2.61. The van der Waals surface area contributed by atoms with Gasteiger partial charge in [0.05, 0.1) is 0 Å². The van der Waals surface area contributed by atoms with Crippen molar-refractivity contribution in [2.75, 3.05) is 0 Å². The number of hydrogen-bond donors (Lipinski definition) is 0. The summed E-state index contributed by atoms with van der Waals surface area (Å²) in [5.41, 5.74) is -1.48. The van der Waals surface area contributed by atoms with Gasteiger partial charge in [-0.1, -0.05) is 0 Å². The molecule has 0 aliphatic heterocycles. The van der Waals surface area contributed by atoms with Gasteiger partial charge in [0.2, 0.25) is 0 Å². The van der Waals surface area contributed by atoms with Gasteiger partial charge in [0, 0.05) is 405 Å². The molecule has 0 bridgehead atoms. The van der Waals surface area contributed by atoms with Crippen LogP contribution in [0.5, 0.6) is 0 Å². The quantitative estimate of drug-likeness (QED) is 0.0794. The molecule has 0 aromatic heterocycles. The first kappa shape index (κ1) is 61.7. The second-order valence-electron chi connectivity index (χ2n) is 16.2. The fourth-order valence-corrected chi connectivity index (χ4v) is 10.0. The summed E-state index contributed by atoms with van der Waals surface area (Å²) in [7, 11) is 197. The van der Waals surface area contributed by atoms with Crippen LogP contribution in [0.15, 0.2) is 0 Å². The lowest BCUT2D eigenvalue weighted by Crippen LogP contribution is -2.91. The van der Waals surface area contributed by atoms with Crippen molar-refractivity contribution in [3.05, 3.63) is 0 Å². The summed E-state index contributed by atoms with van der Waals surface area (Å²) in [6.45, 7) is -4.25. The number of hydrogen-bond acceptors (Lipinski definition) is 0. The van der Waals surface area contributed by atoms with Crippen LogP contribution in [0.2, 0.25) is 5.62 Å². The van der Waals surface area contributed by atoms with Crippen LogP contribution in [0, 0.1) is 0 Å². The highest BCUT2D eigenvalue weighted by atomic mass is 13.7. The molecule has 0 rings (SSSR count). The van der Waals surface area contributed by atoms with Gasteiger partial charge in [-0.15, -0.1) is 5.62 Å². The summed E-state index contributed by atoms with van der Waals surface area (Å²) < 4.78 is 0. The third-order valence-electron chi connectivity index (χ3n) is 12.0. The Hall–Kier alpha value is 3.70. The lowest BCUT2D eigenvalue weighted by Gasteiger charge is -2.59. The Balaban J connectivity index is 10.4. The standard InChI is InChI=1S/CHB57/c2-35(3)50(36(4)5)32(51(37(6)7)38(8)9)1(33(52(39(10)11)40(12)13)53(41(14)15)42(16)17)34(54(43(18)19)56(44(20)21)45(22)23)55(57(46(24)25)47(26)27)58(48(28)29)49(30)31/h1H. The topological polar surface area (TPSA) is 0 Å². The van der Waals surface area contributed by atoms with Crippen molar-refractivity contribution in [1.29, 1.82) is 0 Å². The van der Waals surface area contributed by atoms with Crippen molar-refractivity contribution in [1.82, 2.24) is 0 Å². The zero-order valence-electron chi connectivity index (χ0n) is 33.5. The van der Waals surface area contributed by atoms with Crippen LogP contribution in [-0.4, -0.2) is 405 Å². The molecule has 0 aromatic rings. The summed E-state index contributed by atoms with van der Waals surface area (Å²) in [5.74, 6) is 0. The van der Waals surface area contributed by atoms with Crippen LogP contribution in [0.25, 0.3) is 0 Å². The van der Waals surface area contributed by atoms with Crippen molar-refractivity contribution < 1.29 is 0 Å². The van der Waals surface area contributed by atoms with Gasteiger partial charge in [0.25, 0.3) is 0 Å².